The number of hydrogen-bond acceptors (Lipinski definition) is 7. The first-order chi connectivity index (χ1) is 14.1. The van der Waals surface area contributed by atoms with E-state index in [4.69, 9.17) is 4.74 Å². The van der Waals surface area contributed by atoms with Gasteiger partial charge >= 0.3 is 0 Å². The van der Waals surface area contributed by atoms with Gasteiger partial charge in [0.2, 0.25) is 5.91 Å². The Kier molecular flexibility index (Phi) is 4.69. The second-order valence-electron chi connectivity index (χ2n) is 8.49. The highest BCUT2D eigenvalue weighted by Gasteiger charge is 2.63. The zero-order chi connectivity index (χ0) is 19.8. The third-order valence-electron chi connectivity index (χ3n) is 6.69. The van der Waals surface area contributed by atoms with Gasteiger partial charge in [0.15, 0.2) is 0 Å². The van der Waals surface area contributed by atoms with E-state index in [-0.39, 0.29) is 17.6 Å². The van der Waals surface area contributed by atoms with Crippen molar-refractivity contribution in [2.45, 2.75) is 50.9 Å². The van der Waals surface area contributed by atoms with Crippen LogP contribution in [0.1, 0.15) is 31.4 Å². The highest BCUT2D eigenvalue weighted by molar-refractivity contribution is 5.75. The molecule has 3 saturated heterocycles. The number of rotatable bonds is 7. The first kappa shape index (κ1) is 18.5. The fraction of sp³-hybridized carbons (Fsp3) is 0.650. The summed E-state index contributed by atoms with van der Waals surface area (Å²) in [4.78, 5) is 27.2. The van der Waals surface area contributed by atoms with E-state index < -0.39 is 0 Å². The Labute approximate surface area is 169 Å². The average molecular weight is 397 g/mol. The van der Waals surface area contributed by atoms with Crippen LogP contribution >= 0.6 is 0 Å². The molecular formula is C20H27N7O2. The Bertz CT molecular complexity index is 873. The standard InChI is InChI=1S/C20H27N7O2/c1-14-7-18(24-12-23-14)26-9-16-15(17-4-5-20(16,10-26)29-17)8-22-19(28)3-2-6-27-13-21-11-25-27/h7,11-13,15-17H,2-6,8-10H2,1H3,(H,22,28)/t15-,16+,17+,20+/m0/s1. The maximum Gasteiger partial charge on any atom is 0.220 e. The maximum atomic E-state index is 12.3. The third kappa shape index (κ3) is 3.48. The molecule has 5 rings (SSSR count). The number of carbonyl (C=O) groups is 1. The molecule has 3 aliphatic heterocycles. The number of aromatic nitrogens is 5. The fourth-order valence-electron chi connectivity index (χ4n) is 5.32. The summed E-state index contributed by atoms with van der Waals surface area (Å²) in [5, 5.41) is 7.22. The van der Waals surface area contributed by atoms with Crippen LogP contribution in [-0.2, 0) is 16.1 Å². The summed E-state index contributed by atoms with van der Waals surface area (Å²) in [6.07, 6.45) is 8.53. The lowest BCUT2D eigenvalue weighted by molar-refractivity contribution is -0.121. The Balaban J connectivity index is 1.17. The molecule has 3 fully saturated rings. The second kappa shape index (κ2) is 7.37. The molecule has 2 bridgehead atoms. The lowest BCUT2D eigenvalue weighted by atomic mass is 9.73. The van der Waals surface area contributed by atoms with Crippen molar-refractivity contribution in [1.29, 1.82) is 0 Å². The smallest absolute Gasteiger partial charge is 0.220 e. The molecule has 1 spiro atoms. The van der Waals surface area contributed by atoms with Crippen LogP contribution in [0.25, 0.3) is 0 Å². The van der Waals surface area contributed by atoms with Crippen molar-refractivity contribution >= 4 is 11.7 Å². The lowest BCUT2D eigenvalue weighted by Crippen LogP contribution is -2.41. The number of amides is 1. The summed E-state index contributed by atoms with van der Waals surface area (Å²) in [5.41, 5.74) is 0.899. The molecule has 29 heavy (non-hydrogen) atoms. The van der Waals surface area contributed by atoms with E-state index in [2.05, 4.69) is 30.3 Å². The molecule has 0 aliphatic carbocycles. The van der Waals surface area contributed by atoms with E-state index in [1.807, 2.05) is 13.0 Å². The van der Waals surface area contributed by atoms with Gasteiger partial charge in [-0.05, 0) is 26.2 Å². The van der Waals surface area contributed by atoms with Crippen LogP contribution in [0, 0.1) is 18.8 Å². The average Bonchev–Trinajstić information content (AvgIpc) is 3.47. The van der Waals surface area contributed by atoms with Crippen molar-refractivity contribution in [2.24, 2.45) is 11.8 Å². The van der Waals surface area contributed by atoms with Crippen LogP contribution in [0.2, 0.25) is 0 Å². The Morgan fingerprint density at radius 3 is 3.14 bits per heavy atom. The topological polar surface area (TPSA) is 98.1 Å². The van der Waals surface area contributed by atoms with Crippen LogP contribution < -0.4 is 10.2 Å². The molecule has 154 valence electrons. The van der Waals surface area contributed by atoms with Crippen molar-refractivity contribution in [1.82, 2.24) is 30.0 Å². The minimum absolute atomic E-state index is 0.0774. The summed E-state index contributed by atoms with van der Waals surface area (Å²) in [5.74, 6) is 1.88. The van der Waals surface area contributed by atoms with Gasteiger partial charge in [0, 0.05) is 56.2 Å². The Morgan fingerprint density at radius 1 is 1.38 bits per heavy atom. The molecule has 2 aromatic heterocycles. The van der Waals surface area contributed by atoms with Crippen molar-refractivity contribution in [3.8, 4) is 0 Å². The van der Waals surface area contributed by atoms with Gasteiger partial charge in [-0.3, -0.25) is 9.48 Å². The zero-order valence-corrected chi connectivity index (χ0v) is 16.7. The number of fused-ring (bicyclic) bond motifs is 1. The number of nitrogens with zero attached hydrogens (tertiary/aromatic N) is 6. The van der Waals surface area contributed by atoms with Crippen molar-refractivity contribution in [3.63, 3.8) is 0 Å². The van der Waals surface area contributed by atoms with Gasteiger partial charge in [0.1, 0.15) is 24.8 Å². The number of carbonyl (C=O) groups excluding carboxylic acids is 1. The van der Waals surface area contributed by atoms with Gasteiger partial charge in [-0.15, -0.1) is 0 Å². The molecule has 2 aromatic rings. The van der Waals surface area contributed by atoms with Crippen LogP contribution in [0.15, 0.2) is 25.0 Å². The SMILES string of the molecule is Cc1cc(N2C[C@@H]3[C@H](CNC(=O)CCCn4cncn4)[C@H]4CC[C@]3(C2)O4)ncn1. The van der Waals surface area contributed by atoms with Crippen molar-refractivity contribution in [3.05, 3.63) is 30.7 Å². The third-order valence-corrected chi connectivity index (χ3v) is 6.69. The molecule has 1 amide bonds. The minimum Gasteiger partial charge on any atom is -0.369 e. The van der Waals surface area contributed by atoms with E-state index in [9.17, 15) is 4.79 Å². The van der Waals surface area contributed by atoms with Crippen LogP contribution in [0.5, 0.6) is 0 Å². The number of ether oxygens (including phenoxy) is 1. The summed E-state index contributed by atoms with van der Waals surface area (Å²) in [6.45, 7) is 5.20. The first-order valence-electron chi connectivity index (χ1n) is 10.4. The molecule has 0 aromatic carbocycles. The van der Waals surface area contributed by atoms with Gasteiger partial charge in [-0.25, -0.2) is 15.0 Å². The van der Waals surface area contributed by atoms with Crippen molar-refractivity contribution < 1.29 is 9.53 Å². The highest BCUT2D eigenvalue weighted by atomic mass is 16.5. The summed E-state index contributed by atoms with van der Waals surface area (Å²) in [7, 11) is 0. The van der Waals surface area contributed by atoms with Crippen molar-refractivity contribution in [2.75, 3.05) is 24.5 Å². The second-order valence-corrected chi connectivity index (χ2v) is 8.49. The predicted molar refractivity (Wildman–Crippen MR) is 105 cm³/mol. The molecule has 0 saturated carbocycles. The van der Waals surface area contributed by atoms with Gasteiger partial charge in [0.05, 0.1) is 11.7 Å². The maximum absolute atomic E-state index is 12.3. The fourth-order valence-corrected chi connectivity index (χ4v) is 5.32. The molecular weight excluding hydrogens is 370 g/mol. The molecule has 0 radical (unpaired) electrons. The van der Waals surface area contributed by atoms with Gasteiger partial charge in [0.25, 0.3) is 0 Å². The molecule has 4 atom stereocenters. The van der Waals surface area contributed by atoms with Gasteiger partial charge in [-0.2, -0.15) is 5.10 Å². The predicted octanol–water partition coefficient (Wildman–Crippen LogP) is 0.957. The summed E-state index contributed by atoms with van der Waals surface area (Å²) >= 11 is 0. The monoisotopic (exact) mass is 397 g/mol. The zero-order valence-electron chi connectivity index (χ0n) is 16.7. The van der Waals surface area contributed by atoms with E-state index >= 15 is 0 Å². The van der Waals surface area contributed by atoms with Gasteiger partial charge in [-0.1, -0.05) is 0 Å². The van der Waals surface area contributed by atoms with E-state index in [1.165, 1.54) is 6.33 Å². The normalized spacial score (nSPS) is 30.0. The van der Waals surface area contributed by atoms with E-state index in [1.54, 1.807) is 17.3 Å². The molecule has 3 aliphatic rings. The highest BCUT2D eigenvalue weighted by Crippen LogP contribution is 2.55. The van der Waals surface area contributed by atoms with Crippen LogP contribution in [-0.4, -0.2) is 62.0 Å². The van der Waals surface area contributed by atoms with Gasteiger partial charge < -0.3 is 15.0 Å². The molecule has 9 nitrogen and oxygen atoms in total. The quantitative estimate of drug-likeness (QED) is 0.743. The number of nitrogens with one attached hydrogen (secondary N) is 1. The summed E-state index contributed by atoms with van der Waals surface area (Å²) < 4.78 is 8.24. The first-order valence-corrected chi connectivity index (χ1v) is 10.4. The molecule has 0 unspecified atom stereocenters. The number of hydrogen-bond donors (Lipinski definition) is 1. The minimum atomic E-state index is -0.0774. The van der Waals surface area contributed by atoms with E-state index in [0.29, 0.717) is 31.3 Å². The number of anilines is 1. The molecule has 1 N–H and O–H groups in total. The van der Waals surface area contributed by atoms with Crippen LogP contribution in [0.3, 0.4) is 0 Å². The lowest BCUT2D eigenvalue weighted by Gasteiger charge is -2.29. The Morgan fingerprint density at radius 2 is 2.31 bits per heavy atom. The summed E-state index contributed by atoms with van der Waals surface area (Å²) in [6, 6.07) is 2.04. The molecule has 5 heterocycles. The molecule has 9 heteroatoms. The largest absolute Gasteiger partial charge is 0.369 e. The Hall–Kier alpha value is -2.55. The number of aryl methyl sites for hydroxylation is 2. The van der Waals surface area contributed by atoms with E-state index in [0.717, 1.165) is 43.9 Å². The van der Waals surface area contributed by atoms with Crippen LogP contribution in [0.4, 0.5) is 5.82 Å².